The summed E-state index contributed by atoms with van der Waals surface area (Å²) in [6.07, 6.45) is 5.93. The van der Waals surface area contributed by atoms with E-state index in [-0.39, 0.29) is 35.7 Å². The minimum atomic E-state index is -3.38. The van der Waals surface area contributed by atoms with Crippen LogP contribution in [0.25, 0.3) is 0 Å². The molecular weight excluding hydrogens is 539 g/mol. The summed E-state index contributed by atoms with van der Waals surface area (Å²) >= 11 is 12.7. The Morgan fingerprint density at radius 3 is 2.39 bits per heavy atom. The van der Waals surface area contributed by atoms with Gasteiger partial charge in [0, 0.05) is 41.0 Å². The molecule has 1 aliphatic heterocycles. The highest BCUT2D eigenvalue weighted by molar-refractivity contribution is 7.90. The summed E-state index contributed by atoms with van der Waals surface area (Å²) in [6.45, 7) is 8.21. The predicted octanol–water partition coefficient (Wildman–Crippen LogP) is 7.23. The van der Waals surface area contributed by atoms with Crippen molar-refractivity contribution in [3.8, 4) is 0 Å². The van der Waals surface area contributed by atoms with Crippen molar-refractivity contribution < 1.29 is 13.2 Å². The fourth-order valence-corrected chi connectivity index (χ4v) is 7.81. The Hall–Kier alpha value is -1.86. The third-order valence-electron chi connectivity index (χ3n) is 8.20. The number of hydrogen-bond acceptors (Lipinski definition) is 3. The lowest BCUT2D eigenvalue weighted by Crippen LogP contribution is -2.58. The Bertz CT molecular complexity index is 1260. The summed E-state index contributed by atoms with van der Waals surface area (Å²) in [5, 5.41) is 0.974. The van der Waals surface area contributed by atoms with Crippen LogP contribution in [0, 0.1) is 5.41 Å². The molecule has 4 atom stereocenters. The van der Waals surface area contributed by atoms with Gasteiger partial charge >= 0.3 is 0 Å². The van der Waals surface area contributed by atoms with Crippen LogP contribution in [0.4, 0.5) is 0 Å². The highest BCUT2D eigenvalue weighted by Gasteiger charge is 2.51. The molecule has 206 valence electrons. The lowest BCUT2D eigenvalue weighted by Gasteiger charge is -2.52. The molecule has 1 heterocycles. The number of nitrogens with zero attached hydrogens (tertiary/aromatic N) is 2. The molecule has 1 saturated carbocycles. The number of carbonyl (C=O) groups excluding carboxylic acids is 1. The number of benzene rings is 2. The minimum Gasteiger partial charge on any atom is -0.330 e. The highest BCUT2D eigenvalue weighted by Crippen LogP contribution is 2.52. The number of amides is 1. The number of allylic oxidation sites excluding steroid dienone is 1. The molecule has 1 aliphatic carbocycles. The molecule has 0 bridgehead atoms. The van der Waals surface area contributed by atoms with Crippen molar-refractivity contribution in [2.45, 2.75) is 75.6 Å². The van der Waals surface area contributed by atoms with Crippen LogP contribution in [0.15, 0.2) is 61.2 Å². The van der Waals surface area contributed by atoms with E-state index in [0.717, 1.165) is 17.5 Å². The van der Waals surface area contributed by atoms with Gasteiger partial charge in [0.1, 0.15) is 0 Å². The number of likely N-dealkylation sites (N-methyl/N-ethyl adjacent to an activating group) is 1. The molecule has 5 nitrogen and oxygen atoms in total. The van der Waals surface area contributed by atoms with E-state index < -0.39 is 15.4 Å². The largest absolute Gasteiger partial charge is 0.330 e. The molecule has 0 aromatic heterocycles. The average Bonchev–Trinajstić information content (AvgIpc) is 3.75. The number of sulfonamides is 1. The minimum absolute atomic E-state index is 0.0400. The van der Waals surface area contributed by atoms with Crippen molar-refractivity contribution in [3.63, 3.8) is 0 Å². The van der Waals surface area contributed by atoms with Crippen molar-refractivity contribution in [1.82, 2.24) is 9.21 Å². The molecule has 1 amide bonds. The number of hydrogen-bond donors (Lipinski definition) is 0. The van der Waals surface area contributed by atoms with E-state index in [1.165, 1.54) is 4.31 Å². The predicted molar refractivity (Wildman–Crippen MR) is 156 cm³/mol. The van der Waals surface area contributed by atoms with E-state index in [2.05, 4.69) is 12.6 Å². The van der Waals surface area contributed by atoms with E-state index in [1.807, 2.05) is 67.3 Å². The quantitative estimate of drug-likeness (QED) is 0.265. The van der Waals surface area contributed by atoms with Gasteiger partial charge < -0.3 is 4.90 Å². The number of piperidine rings is 1. The summed E-state index contributed by atoms with van der Waals surface area (Å²) in [6, 6.07) is 14.9. The van der Waals surface area contributed by atoms with Gasteiger partial charge in [0.2, 0.25) is 15.9 Å². The monoisotopic (exact) mass is 576 g/mol. The molecule has 8 heteroatoms. The van der Waals surface area contributed by atoms with Gasteiger partial charge in [0.05, 0.1) is 11.3 Å². The molecule has 0 N–H and O–H groups in total. The Morgan fingerprint density at radius 1 is 1.13 bits per heavy atom. The third kappa shape index (κ3) is 5.99. The second kappa shape index (κ2) is 11.7. The maximum atomic E-state index is 14.5. The molecule has 0 radical (unpaired) electrons. The molecule has 1 saturated heterocycles. The van der Waals surface area contributed by atoms with Gasteiger partial charge in [-0.25, -0.2) is 12.7 Å². The standard InChI is InChI=1S/C30H38Cl2N2O3S/c1-5-7-17-30(3)19-27(22-9-8-10-24(32)18-22)28(21-11-13-23(31)14-12-21)34(29(30)35)25(6-2)20-33(4)38(36,37)26-15-16-26/h5,8-14,18,25-28H,1,6-7,15-17,19-20H2,2-4H3/t25-,27?,28?,30?/m0/s1. The van der Waals surface area contributed by atoms with E-state index in [1.54, 1.807) is 7.05 Å². The first-order valence-electron chi connectivity index (χ1n) is 13.4. The van der Waals surface area contributed by atoms with Crippen molar-refractivity contribution in [3.05, 3.63) is 82.4 Å². The highest BCUT2D eigenvalue weighted by atomic mass is 35.5. The van der Waals surface area contributed by atoms with Gasteiger partial charge in [0.25, 0.3) is 0 Å². The third-order valence-corrected chi connectivity index (χ3v) is 11.0. The zero-order chi connectivity index (χ0) is 27.7. The molecule has 2 aliphatic rings. The fraction of sp³-hybridized carbons (Fsp3) is 0.500. The van der Waals surface area contributed by atoms with Crippen molar-refractivity contribution in [2.24, 2.45) is 5.41 Å². The van der Waals surface area contributed by atoms with Crippen LogP contribution in [0.2, 0.25) is 10.0 Å². The SMILES string of the molecule is C=CCCC1(C)CC(c2cccc(Cl)c2)C(c2ccc(Cl)cc2)N([C@@H](CC)CN(C)S(=O)(=O)C2CC2)C1=O. The van der Waals surface area contributed by atoms with E-state index in [4.69, 9.17) is 23.2 Å². The van der Waals surface area contributed by atoms with Gasteiger partial charge in [0.15, 0.2) is 0 Å². The van der Waals surface area contributed by atoms with E-state index >= 15 is 0 Å². The number of carbonyl (C=O) groups is 1. The second-order valence-electron chi connectivity index (χ2n) is 11.0. The smallest absolute Gasteiger partial charge is 0.229 e. The van der Waals surface area contributed by atoms with Gasteiger partial charge in [-0.15, -0.1) is 6.58 Å². The van der Waals surface area contributed by atoms with Gasteiger partial charge in [-0.3, -0.25) is 4.79 Å². The summed E-state index contributed by atoms with van der Waals surface area (Å²) in [5.74, 6) is 0.0171. The van der Waals surface area contributed by atoms with Gasteiger partial charge in [-0.2, -0.15) is 0 Å². The van der Waals surface area contributed by atoms with Crippen LogP contribution in [0.5, 0.6) is 0 Å². The molecule has 0 spiro atoms. The maximum absolute atomic E-state index is 14.5. The Balaban J connectivity index is 1.84. The summed E-state index contributed by atoms with van der Waals surface area (Å²) in [5.41, 5.74) is 1.41. The number of halogens is 2. The van der Waals surface area contributed by atoms with E-state index in [0.29, 0.717) is 42.1 Å². The van der Waals surface area contributed by atoms with Crippen LogP contribution in [-0.2, 0) is 14.8 Å². The van der Waals surface area contributed by atoms with Crippen LogP contribution in [0.3, 0.4) is 0 Å². The maximum Gasteiger partial charge on any atom is 0.229 e. The van der Waals surface area contributed by atoms with Crippen LogP contribution < -0.4 is 0 Å². The zero-order valence-electron chi connectivity index (χ0n) is 22.4. The molecule has 38 heavy (non-hydrogen) atoms. The Kier molecular flexibility index (Phi) is 8.98. The van der Waals surface area contributed by atoms with Crippen molar-refractivity contribution >= 4 is 39.1 Å². The topological polar surface area (TPSA) is 57.7 Å². The van der Waals surface area contributed by atoms with Crippen LogP contribution in [-0.4, -0.2) is 48.4 Å². The summed E-state index contributed by atoms with van der Waals surface area (Å²) in [7, 11) is -1.74. The normalized spacial score (nSPS) is 25.0. The molecule has 3 unspecified atom stereocenters. The van der Waals surface area contributed by atoms with Gasteiger partial charge in [-0.05, 0) is 73.9 Å². The number of likely N-dealkylation sites (tertiary alicyclic amines) is 1. The fourth-order valence-electron chi connectivity index (χ4n) is 5.86. The van der Waals surface area contributed by atoms with Crippen molar-refractivity contribution in [2.75, 3.05) is 13.6 Å². The summed E-state index contributed by atoms with van der Waals surface area (Å²) in [4.78, 5) is 16.5. The molecule has 4 rings (SSSR count). The van der Waals surface area contributed by atoms with Crippen LogP contribution in [0.1, 0.15) is 75.5 Å². The Labute approximate surface area is 237 Å². The number of rotatable bonds is 11. The van der Waals surface area contributed by atoms with Gasteiger partial charge in [-0.1, -0.05) is 67.4 Å². The summed E-state index contributed by atoms with van der Waals surface area (Å²) < 4.78 is 27.6. The first-order valence-corrected chi connectivity index (χ1v) is 15.7. The molecule has 2 fully saturated rings. The molecular formula is C30H38Cl2N2O3S. The van der Waals surface area contributed by atoms with Crippen LogP contribution >= 0.6 is 23.2 Å². The Morgan fingerprint density at radius 2 is 1.82 bits per heavy atom. The van der Waals surface area contributed by atoms with Crippen molar-refractivity contribution in [1.29, 1.82) is 0 Å². The zero-order valence-corrected chi connectivity index (χ0v) is 24.8. The van der Waals surface area contributed by atoms with E-state index in [9.17, 15) is 13.2 Å². The lowest BCUT2D eigenvalue weighted by molar-refractivity contribution is -0.155. The first-order chi connectivity index (χ1) is 18.0. The first kappa shape index (κ1) is 29.1. The molecule has 2 aromatic rings. The lowest BCUT2D eigenvalue weighted by atomic mass is 9.66. The molecule has 2 aromatic carbocycles. The second-order valence-corrected chi connectivity index (χ2v) is 14.2. The average molecular weight is 578 g/mol.